The van der Waals surface area contributed by atoms with E-state index in [1.807, 2.05) is 17.5 Å². The average Bonchev–Trinajstić information content (AvgIpc) is 2.97. The molecule has 0 aromatic carbocycles. The van der Waals surface area contributed by atoms with Crippen molar-refractivity contribution in [3.63, 3.8) is 0 Å². The van der Waals surface area contributed by atoms with Crippen LogP contribution < -0.4 is 10.5 Å². The number of carbonyl (C=O) groups excluding carboxylic acids is 1. The highest BCUT2D eigenvalue weighted by Crippen LogP contribution is 2.22. The third-order valence-corrected chi connectivity index (χ3v) is 5.23. The van der Waals surface area contributed by atoms with Crippen molar-refractivity contribution in [1.29, 1.82) is 0 Å². The Labute approximate surface area is 129 Å². The van der Waals surface area contributed by atoms with Gasteiger partial charge in [0.25, 0.3) is 0 Å². The van der Waals surface area contributed by atoms with Crippen LogP contribution >= 0.6 is 11.3 Å². The third-order valence-electron chi connectivity index (χ3n) is 3.58. The van der Waals surface area contributed by atoms with E-state index in [1.165, 1.54) is 11.3 Å². The highest BCUT2D eigenvalue weighted by atomic mass is 32.2. The lowest BCUT2D eigenvalue weighted by molar-refractivity contribution is -0.134. The maximum atomic E-state index is 12.4. The molecule has 1 aromatic rings. The Balaban J connectivity index is 1.92. The van der Waals surface area contributed by atoms with Crippen molar-refractivity contribution in [1.82, 2.24) is 9.62 Å². The lowest BCUT2D eigenvalue weighted by Crippen LogP contribution is -2.46. The summed E-state index contributed by atoms with van der Waals surface area (Å²) in [5.41, 5.74) is 6.01. The molecule has 2 heterocycles. The number of hydrogen-bond donors (Lipinski definition) is 2. The molecule has 1 aromatic heterocycles. The minimum atomic E-state index is -3.19. The molecule has 3 N–H and O–H groups in total. The Morgan fingerprint density at radius 2 is 2.38 bits per heavy atom. The summed E-state index contributed by atoms with van der Waals surface area (Å²) in [4.78, 5) is 15.0. The van der Waals surface area contributed by atoms with Gasteiger partial charge in [-0.25, -0.2) is 13.1 Å². The minimum Gasteiger partial charge on any atom is -0.341 e. The number of nitrogens with one attached hydrogen (secondary N) is 1. The maximum Gasteiger partial charge on any atom is 0.244 e. The summed E-state index contributed by atoms with van der Waals surface area (Å²) in [5, 5.41) is 1.90. The lowest BCUT2D eigenvalue weighted by atomic mass is 9.97. The second kappa shape index (κ2) is 6.87. The fourth-order valence-corrected chi connectivity index (χ4v) is 3.74. The number of amides is 1. The van der Waals surface area contributed by atoms with Crippen LogP contribution in [0.15, 0.2) is 17.5 Å². The van der Waals surface area contributed by atoms with Crippen LogP contribution in [0, 0.1) is 5.92 Å². The molecule has 2 unspecified atom stereocenters. The molecule has 8 heteroatoms. The van der Waals surface area contributed by atoms with E-state index in [1.54, 1.807) is 4.90 Å². The number of piperidine rings is 1. The molecule has 1 aliphatic rings. The third kappa shape index (κ3) is 4.77. The molecular weight excluding hydrogens is 310 g/mol. The van der Waals surface area contributed by atoms with Gasteiger partial charge in [0.05, 0.1) is 6.26 Å². The zero-order valence-electron chi connectivity index (χ0n) is 12.0. The van der Waals surface area contributed by atoms with Gasteiger partial charge in [0.15, 0.2) is 0 Å². The molecule has 0 bridgehead atoms. The van der Waals surface area contributed by atoms with Crippen molar-refractivity contribution in [3.05, 3.63) is 22.4 Å². The number of hydrogen-bond acceptors (Lipinski definition) is 5. The van der Waals surface area contributed by atoms with E-state index in [0.717, 1.165) is 24.0 Å². The summed E-state index contributed by atoms with van der Waals surface area (Å²) in [5.74, 6) is 0.0643. The molecule has 2 atom stereocenters. The highest BCUT2D eigenvalue weighted by molar-refractivity contribution is 7.88. The summed E-state index contributed by atoms with van der Waals surface area (Å²) in [6, 6.07) is 3.12. The number of nitrogens with two attached hydrogens (primary N) is 1. The van der Waals surface area contributed by atoms with Gasteiger partial charge >= 0.3 is 0 Å². The molecule has 1 fully saturated rings. The molecule has 0 saturated carbocycles. The van der Waals surface area contributed by atoms with Crippen LogP contribution in [0.5, 0.6) is 0 Å². The van der Waals surface area contributed by atoms with Crippen molar-refractivity contribution in [3.8, 4) is 0 Å². The second-order valence-electron chi connectivity index (χ2n) is 5.41. The van der Waals surface area contributed by atoms with Gasteiger partial charge in [0, 0.05) is 24.5 Å². The molecule has 1 amide bonds. The van der Waals surface area contributed by atoms with E-state index in [-0.39, 0.29) is 11.8 Å². The van der Waals surface area contributed by atoms with Gasteiger partial charge in [-0.1, -0.05) is 6.07 Å². The molecule has 1 saturated heterocycles. The van der Waals surface area contributed by atoms with Gasteiger partial charge in [0.2, 0.25) is 15.9 Å². The Kier molecular flexibility index (Phi) is 5.37. The normalized spacial score (nSPS) is 21.2. The van der Waals surface area contributed by atoms with Crippen LogP contribution in [0.2, 0.25) is 0 Å². The largest absolute Gasteiger partial charge is 0.341 e. The van der Waals surface area contributed by atoms with Crippen LogP contribution in [0.1, 0.15) is 23.8 Å². The Morgan fingerprint density at radius 3 is 3.00 bits per heavy atom. The fraction of sp³-hybridized carbons (Fsp3) is 0.615. The summed E-state index contributed by atoms with van der Waals surface area (Å²) < 4.78 is 24.8. The van der Waals surface area contributed by atoms with Crippen LogP contribution in [0.3, 0.4) is 0 Å². The first-order valence-corrected chi connectivity index (χ1v) is 9.66. The minimum absolute atomic E-state index is 0.0819. The first-order chi connectivity index (χ1) is 9.87. The van der Waals surface area contributed by atoms with Gasteiger partial charge in [0.1, 0.15) is 6.04 Å². The Morgan fingerprint density at radius 1 is 1.62 bits per heavy atom. The van der Waals surface area contributed by atoms with E-state index >= 15 is 0 Å². The quantitative estimate of drug-likeness (QED) is 0.823. The Bertz CT molecular complexity index is 571. The molecule has 0 aliphatic carbocycles. The van der Waals surface area contributed by atoms with Crippen LogP contribution in [0.4, 0.5) is 0 Å². The van der Waals surface area contributed by atoms with Crippen molar-refractivity contribution >= 4 is 27.3 Å². The maximum absolute atomic E-state index is 12.4. The summed E-state index contributed by atoms with van der Waals surface area (Å²) >= 11 is 1.47. The SMILES string of the molecule is CS(=O)(=O)NCC1CCCN(C(=O)C(N)c2cccs2)C1. The molecule has 0 spiro atoms. The number of thiophene rings is 1. The summed E-state index contributed by atoms with van der Waals surface area (Å²) in [6.45, 7) is 1.62. The van der Waals surface area contributed by atoms with Crippen LogP contribution in [0.25, 0.3) is 0 Å². The molecular formula is C13H21N3O3S2. The monoisotopic (exact) mass is 331 g/mol. The fourth-order valence-electron chi connectivity index (χ4n) is 2.49. The molecule has 0 radical (unpaired) electrons. The predicted octanol–water partition coefficient (Wildman–Crippen LogP) is 0.536. The first kappa shape index (κ1) is 16.4. The summed E-state index contributed by atoms with van der Waals surface area (Å²) in [7, 11) is -3.19. The van der Waals surface area contributed by atoms with Crippen molar-refractivity contribution < 1.29 is 13.2 Å². The standard InChI is InChI=1S/C13H21N3O3S2/c1-21(18,19)15-8-10-4-2-6-16(9-10)13(17)12(14)11-5-3-7-20-11/h3,5,7,10,12,15H,2,4,6,8-9,14H2,1H3. The lowest BCUT2D eigenvalue weighted by Gasteiger charge is -2.34. The van der Waals surface area contributed by atoms with Crippen LogP contribution in [-0.2, 0) is 14.8 Å². The predicted molar refractivity (Wildman–Crippen MR) is 83.4 cm³/mol. The molecule has 1 aliphatic heterocycles. The van der Waals surface area contributed by atoms with Crippen molar-refractivity contribution in [2.45, 2.75) is 18.9 Å². The van der Waals surface area contributed by atoms with E-state index in [0.29, 0.717) is 19.6 Å². The number of likely N-dealkylation sites (tertiary alicyclic amines) is 1. The van der Waals surface area contributed by atoms with E-state index in [9.17, 15) is 13.2 Å². The number of carbonyl (C=O) groups is 1. The topological polar surface area (TPSA) is 92.5 Å². The second-order valence-corrected chi connectivity index (χ2v) is 8.22. The molecule has 6 nitrogen and oxygen atoms in total. The number of sulfonamides is 1. The Hall–Kier alpha value is -0.960. The zero-order chi connectivity index (χ0) is 15.5. The van der Waals surface area contributed by atoms with E-state index in [4.69, 9.17) is 5.73 Å². The van der Waals surface area contributed by atoms with Gasteiger partial charge in [-0.2, -0.15) is 0 Å². The number of nitrogens with zero attached hydrogens (tertiary/aromatic N) is 1. The van der Waals surface area contributed by atoms with E-state index < -0.39 is 16.1 Å². The van der Waals surface area contributed by atoms with Gasteiger partial charge in [-0.3, -0.25) is 4.79 Å². The highest BCUT2D eigenvalue weighted by Gasteiger charge is 2.28. The van der Waals surface area contributed by atoms with E-state index in [2.05, 4.69) is 4.72 Å². The van der Waals surface area contributed by atoms with Crippen molar-refractivity contribution in [2.75, 3.05) is 25.9 Å². The molecule has 118 valence electrons. The summed E-state index contributed by atoms with van der Waals surface area (Å²) in [6.07, 6.45) is 2.94. The zero-order valence-corrected chi connectivity index (χ0v) is 13.6. The average molecular weight is 331 g/mol. The smallest absolute Gasteiger partial charge is 0.244 e. The van der Waals surface area contributed by atoms with Gasteiger partial charge in [-0.15, -0.1) is 11.3 Å². The number of rotatable bonds is 5. The molecule has 21 heavy (non-hydrogen) atoms. The molecule has 2 rings (SSSR count). The van der Waals surface area contributed by atoms with Crippen molar-refractivity contribution in [2.24, 2.45) is 11.7 Å². The van der Waals surface area contributed by atoms with Crippen LogP contribution in [-0.4, -0.2) is 45.1 Å². The van der Waals surface area contributed by atoms with Gasteiger partial charge in [-0.05, 0) is 30.2 Å². The van der Waals surface area contributed by atoms with Gasteiger partial charge < -0.3 is 10.6 Å². The first-order valence-electron chi connectivity index (χ1n) is 6.89.